The van der Waals surface area contributed by atoms with Crippen molar-refractivity contribution >= 4 is 17.8 Å². The number of ether oxygens (including phenoxy) is 1. The molecule has 0 aliphatic carbocycles. The number of primary amides is 1. The molecule has 1 amide bonds. The number of phenols is 1. The summed E-state index contributed by atoms with van der Waals surface area (Å²) in [5.74, 6) is -0.300. The molecule has 7 nitrogen and oxygen atoms in total. The van der Waals surface area contributed by atoms with Crippen molar-refractivity contribution in [2.75, 3.05) is 7.11 Å². The lowest BCUT2D eigenvalue weighted by atomic mass is 10.2. The summed E-state index contributed by atoms with van der Waals surface area (Å²) in [7, 11) is 3.06. The summed E-state index contributed by atoms with van der Waals surface area (Å²) in [4.78, 5) is 15.4. The van der Waals surface area contributed by atoms with E-state index in [1.54, 1.807) is 25.2 Å². The lowest BCUT2D eigenvalue weighted by Crippen LogP contribution is -2.15. The van der Waals surface area contributed by atoms with Gasteiger partial charge in [-0.05, 0) is 12.1 Å². The van der Waals surface area contributed by atoms with Crippen LogP contribution in [0.1, 0.15) is 16.1 Å². The molecule has 0 aliphatic rings. The topological polar surface area (TPSA) is 103 Å². The van der Waals surface area contributed by atoms with Gasteiger partial charge < -0.3 is 15.6 Å². The maximum Gasteiger partial charge on any atom is 0.269 e. The van der Waals surface area contributed by atoms with Crippen LogP contribution in [0.3, 0.4) is 0 Å². The van der Waals surface area contributed by atoms with Gasteiger partial charge in [0.1, 0.15) is 5.69 Å². The molecule has 3 N–H and O–H groups in total. The predicted molar refractivity (Wildman–Crippen MR) is 73.6 cm³/mol. The number of aliphatic imine (C=N–C) groups is 1. The van der Waals surface area contributed by atoms with Gasteiger partial charge in [-0.3, -0.25) is 14.5 Å². The number of nitrogens with two attached hydrogens (primary N) is 1. The van der Waals surface area contributed by atoms with E-state index in [2.05, 4.69) is 10.1 Å². The fourth-order valence-corrected chi connectivity index (χ4v) is 1.75. The fourth-order valence-electron chi connectivity index (χ4n) is 1.75. The average Bonchev–Trinajstić information content (AvgIpc) is 2.79. The minimum Gasteiger partial charge on any atom is -0.504 e. The lowest BCUT2D eigenvalue weighted by molar-refractivity contribution is 0.0992. The van der Waals surface area contributed by atoms with E-state index in [1.165, 1.54) is 24.2 Å². The molecule has 0 bridgehead atoms. The monoisotopic (exact) mass is 274 g/mol. The first kappa shape index (κ1) is 13.6. The first-order chi connectivity index (χ1) is 9.54. The number of hydrogen-bond acceptors (Lipinski definition) is 5. The van der Waals surface area contributed by atoms with Gasteiger partial charge in [-0.15, -0.1) is 0 Å². The van der Waals surface area contributed by atoms with Gasteiger partial charge in [0.25, 0.3) is 5.91 Å². The van der Waals surface area contributed by atoms with Gasteiger partial charge in [-0.25, -0.2) is 0 Å². The Morgan fingerprint density at radius 2 is 2.30 bits per heavy atom. The van der Waals surface area contributed by atoms with Crippen LogP contribution >= 0.6 is 0 Å². The lowest BCUT2D eigenvalue weighted by Gasteiger charge is -2.04. The summed E-state index contributed by atoms with van der Waals surface area (Å²) in [6, 6.07) is 5.02. The molecule has 7 heteroatoms. The zero-order valence-electron chi connectivity index (χ0n) is 11.1. The van der Waals surface area contributed by atoms with E-state index in [0.717, 1.165) is 0 Å². The first-order valence-corrected chi connectivity index (χ1v) is 5.76. The molecule has 0 unspecified atom stereocenters. The van der Waals surface area contributed by atoms with E-state index in [-0.39, 0.29) is 11.4 Å². The third-order valence-corrected chi connectivity index (χ3v) is 2.75. The number of carbonyl (C=O) groups excluding carboxylic acids is 1. The zero-order chi connectivity index (χ0) is 14.7. The van der Waals surface area contributed by atoms with Gasteiger partial charge in [0.05, 0.1) is 13.3 Å². The Bertz CT molecular complexity index is 676. The summed E-state index contributed by atoms with van der Waals surface area (Å²) in [5, 5.41) is 13.8. The van der Waals surface area contributed by atoms with Crippen molar-refractivity contribution in [1.29, 1.82) is 0 Å². The van der Waals surface area contributed by atoms with E-state index in [4.69, 9.17) is 10.5 Å². The molecule has 0 fully saturated rings. The number of rotatable bonds is 4. The molecule has 20 heavy (non-hydrogen) atoms. The van der Waals surface area contributed by atoms with Crippen molar-refractivity contribution < 1.29 is 14.6 Å². The molecular weight excluding hydrogens is 260 g/mol. The van der Waals surface area contributed by atoms with Gasteiger partial charge in [0.2, 0.25) is 0 Å². The minimum absolute atomic E-state index is 0.0248. The second-order valence-electron chi connectivity index (χ2n) is 4.02. The number of para-hydroxylation sites is 1. The number of methoxy groups -OCH3 is 1. The van der Waals surface area contributed by atoms with Crippen LogP contribution in [0.2, 0.25) is 0 Å². The largest absolute Gasteiger partial charge is 0.504 e. The van der Waals surface area contributed by atoms with Crippen molar-refractivity contribution in [3.05, 3.63) is 35.7 Å². The molecule has 1 heterocycles. The smallest absolute Gasteiger partial charge is 0.269 e. The van der Waals surface area contributed by atoms with E-state index in [9.17, 15) is 9.90 Å². The molecule has 1 aromatic heterocycles. The third-order valence-electron chi connectivity index (χ3n) is 2.75. The SMILES string of the molecule is COc1cccc(C=Nc2cnn(C)c2C(N)=O)c1O. The number of carbonyl (C=O) groups is 1. The Kier molecular flexibility index (Phi) is 3.69. The van der Waals surface area contributed by atoms with Crippen LogP contribution in [0.15, 0.2) is 29.4 Å². The van der Waals surface area contributed by atoms with Gasteiger partial charge in [0.15, 0.2) is 17.2 Å². The number of phenolic OH excluding ortho intramolecular Hbond substituents is 1. The Hall–Kier alpha value is -2.83. The number of amides is 1. The Labute approximate surface area is 115 Å². The molecule has 0 spiro atoms. The summed E-state index contributed by atoms with van der Waals surface area (Å²) in [6.45, 7) is 0. The van der Waals surface area contributed by atoms with Gasteiger partial charge in [0, 0.05) is 18.8 Å². The highest BCUT2D eigenvalue weighted by molar-refractivity contribution is 5.97. The minimum atomic E-state index is -0.619. The maximum atomic E-state index is 11.3. The summed E-state index contributed by atoms with van der Waals surface area (Å²) in [5.41, 5.74) is 6.26. The van der Waals surface area contributed by atoms with Gasteiger partial charge >= 0.3 is 0 Å². The van der Waals surface area contributed by atoms with Crippen molar-refractivity contribution in [2.24, 2.45) is 17.8 Å². The van der Waals surface area contributed by atoms with E-state index >= 15 is 0 Å². The first-order valence-electron chi connectivity index (χ1n) is 5.76. The Balaban J connectivity index is 2.38. The van der Waals surface area contributed by atoms with Crippen LogP contribution in [0, 0.1) is 0 Å². The highest BCUT2D eigenvalue weighted by atomic mass is 16.5. The van der Waals surface area contributed by atoms with Crippen LogP contribution in [0.5, 0.6) is 11.5 Å². The molecule has 1 aromatic carbocycles. The molecule has 0 aliphatic heterocycles. The van der Waals surface area contributed by atoms with Crippen LogP contribution in [-0.2, 0) is 7.05 Å². The normalized spacial score (nSPS) is 10.9. The molecule has 2 aromatic rings. The molecule has 0 saturated heterocycles. The quantitative estimate of drug-likeness (QED) is 0.811. The third kappa shape index (κ3) is 2.46. The standard InChI is InChI=1S/C13H14N4O3/c1-17-11(13(14)19)9(7-16-17)15-6-8-4-3-5-10(20-2)12(8)18/h3-7,18H,1-2H3,(H2,14,19). The predicted octanol–water partition coefficient (Wildman–Crippen LogP) is 0.984. The molecule has 0 radical (unpaired) electrons. The fraction of sp³-hybridized carbons (Fsp3) is 0.154. The number of aromatic hydroxyl groups is 1. The maximum absolute atomic E-state index is 11.3. The average molecular weight is 274 g/mol. The van der Waals surface area contributed by atoms with Crippen molar-refractivity contribution in [3.8, 4) is 11.5 Å². The Morgan fingerprint density at radius 1 is 1.55 bits per heavy atom. The van der Waals surface area contributed by atoms with E-state index < -0.39 is 5.91 Å². The molecule has 104 valence electrons. The van der Waals surface area contributed by atoms with Crippen molar-refractivity contribution in [1.82, 2.24) is 9.78 Å². The molecule has 0 saturated carbocycles. The van der Waals surface area contributed by atoms with E-state index in [0.29, 0.717) is 17.0 Å². The number of aromatic nitrogens is 2. The van der Waals surface area contributed by atoms with Crippen LogP contribution < -0.4 is 10.5 Å². The Morgan fingerprint density at radius 3 is 2.95 bits per heavy atom. The summed E-state index contributed by atoms with van der Waals surface area (Å²) >= 11 is 0. The van der Waals surface area contributed by atoms with Crippen LogP contribution in [0.25, 0.3) is 0 Å². The summed E-state index contributed by atoms with van der Waals surface area (Å²) < 4.78 is 6.35. The molecule has 2 rings (SSSR count). The van der Waals surface area contributed by atoms with Gasteiger partial charge in [-0.2, -0.15) is 5.10 Å². The van der Waals surface area contributed by atoms with Crippen molar-refractivity contribution in [3.63, 3.8) is 0 Å². The highest BCUT2D eigenvalue weighted by Gasteiger charge is 2.13. The number of aryl methyl sites for hydroxylation is 1. The number of hydrogen-bond donors (Lipinski definition) is 2. The van der Waals surface area contributed by atoms with Crippen molar-refractivity contribution in [2.45, 2.75) is 0 Å². The number of benzene rings is 1. The van der Waals surface area contributed by atoms with Crippen LogP contribution in [0.4, 0.5) is 5.69 Å². The highest BCUT2D eigenvalue weighted by Crippen LogP contribution is 2.28. The van der Waals surface area contributed by atoms with Crippen LogP contribution in [-0.4, -0.2) is 34.1 Å². The zero-order valence-corrected chi connectivity index (χ0v) is 11.1. The molecular formula is C13H14N4O3. The molecule has 0 atom stereocenters. The van der Waals surface area contributed by atoms with E-state index in [1.807, 2.05) is 0 Å². The second kappa shape index (κ2) is 5.43. The summed E-state index contributed by atoms with van der Waals surface area (Å²) in [6.07, 6.45) is 2.84. The van der Waals surface area contributed by atoms with Gasteiger partial charge in [-0.1, -0.05) is 6.07 Å². The second-order valence-corrected chi connectivity index (χ2v) is 4.02. The number of nitrogens with zero attached hydrogens (tertiary/aromatic N) is 3.